The van der Waals surface area contributed by atoms with Crippen LogP contribution >= 0.6 is 11.8 Å². The Balaban J connectivity index is 1.58. The Bertz CT molecular complexity index is 1110. The topological polar surface area (TPSA) is 98.1 Å². The summed E-state index contributed by atoms with van der Waals surface area (Å²) in [5.74, 6) is 1.42. The Labute approximate surface area is 204 Å². The van der Waals surface area contributed by atoms with Gasteiger partial charge in [-0.05, 0) is 49.6 Å². The van der Waals surface area contributed by atoms with Crippen molar-refractivity contribution in [3.05, 3.63) is 65.5 Å². The first kappa shape index (κ1) is 25.3. The molecule has 0 aliphatic rings. The second-order valence-electron chi connectivity index (χ2n) is 7.75. The Morgan fingerprint density at radius 2 is 1.79 bits per heavy atom. The van der Waals surface area contributed by atoms with E-state index in [-0.39, 0.29) is 30.0 Å². The molecule has 0 unspecified atom stereocenters. The molecule has 180 valence electrons. The van der Waals surface area contributed by atoms with Crippen molar-refractivity contribution in [1.29, 1.82) is 0 Å². The molecule has 0 saturated heterocycles. The number of hydrogen-bond acceptors (Lipinski definition) is 6. The number of methoxy groups -OCH3 is 1. The third-order valence-corrected chi connectivity index (χ3v) is 6.32. The Morgan fingerprint density at radius 3 is 2.47 bits per heavy atom. The van der Waals surface area contributed by atoms with Crippen LogP contribution in [0.4, 0.5) is 5.69 Å². The molecule has 0 bridgehead atoms. The van der Waals surface area contributed by atoms with Crippen LogP contribution in [0, 0.1) is 0 Å². The van der Waals surface area contributed by atoms with Crippen molar-refractivity contribution in [2.45, 2.75) is 51.4 Å². The van der Waals surface area contributed by atoms with Gasteiger partial charge in [-0.15, -0.1) is 10.2 Å². The molecular weight excluding hydrogens is 450 g/mol. The highest BCUT2D eigenvalue weighted by molar-refractivity contribution is 7.99. The van der Waals surface area contributed by atoms with Gasteiger partial charge in [0.15, 0.2) is 11.0 Å². The molecule has 1 aromatic heterocycles. The Kier molecular flexibility index (Phi) is 9.09. The van der Waals surface area contributed by atoms with Crippen LogP contribution in [0.15, 0.2) is 53.7 Å². The number of hydrogen-bond donors (Lipinski definition) is 2. The number of aromatic nitrogens is 3. The van der Waals surface area contributed by atoms with Gasteiger partial charge in [0, 0.05) is 12.2 Å². The number of anilines is 1. The highest BCUT2D eigenvalue weighted by Gasteiger charge is 2.20. The number of rotatable bonds is 11. The standard InChI is InChI=1S/C25H31N5O3S/c1-5-19-9-7-8-10-21(19)27-23(32)16-34-25-29-28-24(30(25)6-2)17(3)26-22(31)15-18-11-13-20(33-4)14-12-18/h7-14,17H,5-6,15-16H2,1-4H3,(H,26,31)(H,27,32)/t17-/m0/s1. The van der Waals surface area contributed by atoms with Crippen molar-refractivity contribution in [3.8, 4) is 5.75 Å². The van der Waals surface area contributed by atoms with Crippen LogP contribution in [-0.2, 0) is 29.0 Å². The van der Waals surface area contributed by atoms with Gasteiger partial charge in [-0.3, -0.25) is 9.59 Å². The number of thioether (sulfide) groups is 1. The summed E-state index contributed by atoms with van der Waals surface area (Å²) >= 11 is 1.33. The van der Waals surface area contributed by atoms with E-state index in [4.69, 9.17) is 4.74 Å². The number of nitrogens with one attached hydrogen (secondary N) is 2. The Morgan fingerprint density at radius 1 is 1.06 bits per heavy atom. The maximum Gasteiger partial charge on any atom is 0.234 e. The molecule has 2 N–H and O–H groups in total. The molecule has 2 aromatic carbocycles. The van der Waals surface area contributed by atoms with Gasteiger partial charge in [-0.1, -0.05) is 49.0 Å². The lowest BCUT2D eigenvalue weighted by Gasteiger charge is -2.15. The number of amides is 2. The molecule has 0 aliphatic carbocycles. The number of para-hydroxylation sites is 1. The quantitative estimate of drug-likeness (QED) is 0.402. The van der Waals surface area contributed by atoms with Gasteiger partial charge < -0.3 is 19.9 Å². The van der Waals surface area contributed by atoms with Gasteiger partial charge >= 0.3 is 0 Å². The lowest BCUT2D eigenvalue weighted by molar-refractivity contribution is -0.121. The van der Waals surface area contributed by atoms with Crippen LogP contribution < -0.4 is 15.4 Å². The van der Waals surface area contributed by atoms with Crippen LogP contribution in [0.2, 0.25) is 0 Å². The predicted molar refractivity (Wildman–Crippen MR) is 134 cm³/mol. The Hall–Kier alpha value is -3.33. The van der Waals surface area contributed by atoms with Crippen molar-refractivity contribution in [1.82, 2.24) is 20.1 Å². The number of carbonyl (C=O) groups excluding carboxylic acids is 2. The van der Waals surface area contributed by atoms with E-state index in [1.54, 1.807) is 7.11 Å². The van der Waals surface area contributed by atoms with Crippen molar-refractivity contribution in [2.24, 2.45) is 0 Å². The number of ether oxygens (including phenoxy) is 1. The molecule has 0 spiro atoms. The van der Waals surface area contributed by atoms with Gasteiger partial charge in [0.1, 0.15) is 5.75 Å². The van der Waals surface area contributed by atoms with E-state index >= 15 is 0 Å². The minimum atomic E-state index is -0.321. The molecule has 0 saturated carbocycles. The van der Waals surface area contributed by atoms with E-state index in [9.17, 15) is 9.59 Å². The fourth-order valence-electron chi connectivity index (χ4n) is 3.58. The lowest BCUT2D eigenvalue weighted by Crippen LogP contribution is -2.30. The second kappa shape index (κ2) is 12.2. The van der Waals surface area contributed by atoms with Crippen molar-refractivity contribution in [2.75, 3.05) is 18.2 Å². The van der Waals surface area contributed by atoms with Gasteiger partial charge in [0.2, 0.25) is 11.8 Å². The molecular formula is C25H31N5O3S. The van der Waals surface area contributed by atoms with Crippen LogP contribution in [0.1, 0.15) is 43.8 Å². The number of carbonyl (C=O) groups is 2. The third-order valence-electron chi connectivity index (χ3n) is 5.35. The zero-order chi connectivity index (χ0) is 24.5. The first-order chi connectivity index (χ1) is 16.4. The highest BCUT2D eigenvalue weighted by Crippen LogP contribution is 2.22. The van der Waals surface area contributed by atoms with Crippen LogP contribution in [0.3, 0.4) is 0 Å². The van der Waals surface area contributed by atoms with Crippen molar-refractivity contribution < 1.29 is 14.3 Å². The monoisotopic (exact) mass is 481 g/mol. The fourth-order valence-corrected chi connectivity index (χ4v) is 4.39. The molecule has 3 aromatic rings. The molecule has 0 aliphatic heterocycles. The van der Waals surface area contributed by atoms with E-state index < -0.39 is 0 Å². The summed E-state index contributed by atoms with van der Waals surface area (Å²) in [4.78, 5) is 25.0. The summed E-state index contributed by atoms with van der Waals surface area (Å²) in [6.45, 7) is 6.55. The molecule has 3 rings (SSSR count). The van der Waals surface area contributed by atoms with Gasteiger partial charge in [0.05, 0.1) is 25.3 Å². The van der Waals surface area contributed by atoms with Gasteiger partial charge in [-0.2, -0.15) is 0 Å². The zero-order valence-electron chi connectivity index (χ0n) is 20.0. The summed E-state index contributed by atoms with van der Waals surface area (Å²) in [6, 6.07) is 14.9. The van der Waals surface area contributed by atoms with Crippen molar-refractivity contribution >= 4 is 29.3 Å². The molecule has 0 radical (unpaired) electrons. The number of benzene rings is 2. The van der Waals surface area contributed by atoms with Crippen LogP contribution in [0.25, 0.3) is 0 Å². The van der Waals surface area contributed by atoms with Crippen molar-refractivity contribution in [3.63, 3.8) is 0 Å². The highest BCUT2D eigenvalue weighted by atomic mass is 32.2. The summed E-state index contributed by atoms with van der Waals surface area (Å²) < 4.78 is 7.08. The molecule has 2 amide bonds. The molecule has 1 atom stereocenters. The molecule has 34 heavy (non-hydrogen) atoms. The summed E-state index contributed by atoms with van der Waals surface area (Å²) in [7, 11) is 1.61. The normalized spacial score (nSPS) is 11.6. The fraction of sp³-hybridized carbons (Fsp3) is 0.360. The van der Waals surface area contributed by atoms with E-state index in [0.29, 0.717) is 17.5 Å². The van der Waals surface area contributed by atoms with Gasteiger partial charge in [0.25, 0.3) is 0 Å². The largest absolute Gasteiger partial charge is 0.497 e. The van der Waals surface area contributed by atoms with E-state index in [2.05, 4.69) is 27.8 Å². The van der Waals surface area contributed by atoms with E-state index in [0.717, 1.165) is 29.0 Å². The average Bonchev–Trinajstić information content (AvgIpc) is 3.26. The summed E-state index contributed by atoms with van der Waals surface area (Å²) in [5.41, 5.74) is 2.83. The maximum absolute atomic E-state index is 12.5. The number of nitrogens with zero attached hydrogens (tertiary/aromatic N) is 3. The predicted octanol–water partition coefficient (Wildman–Crippen LogP) is 4.02. The van der Waals surface area contributed by atoms with Gasteiger partial charge in [-0.25, -0.2) is 0 Å². The molecule has 9 heteroatoms. The SMILES string of the molecule is CCc1ccccc1NC(=O)CSc1nnc([C@H](C)NC(=O)Cc2ccc(OC)cc2)n1CC. The lowest BCUT2D eigenvalue weighted by atomic mass is 10.1. The maximum atomic E-state index is 12.5. The second-order valence-corrected chi connectivity index (χ2v) is 8.69. The zero-order valence-corrected chi connectivity index (χ0v) is 20.8. The third kappa shape index (κ3) is 6.60. The minimum Gasteiger partial charge on any atom is -0.497 e. The smallest absolute Gasteiger partial charge is 0.234 e. The average molecular weight is 482 g/mol. The van der Waals surface area contributed by atoms with E-state index in [1.165, 1.54) is 11.8 Å². The first-order valence-electron chi connectivity index (χ1n) is 11.3. The summed E-state index contributed by atoms with van der Waals surface area (Å²) in [6.07, 6.45) is 1.11. The van der Waals surface area contributed by atoms with E-state index in [1.807, 2.05) is 66.9 Å². The molecule has 8 nitrogen and oxygen atoms in total. The van der Waals surface area contributed by atoms with Crippen LogP contribution in [0.5, 0.6) is 5.75 Å². The minimum absolute atomic E-state index is 0.0982. The summed E-state index contributed by atoms with van der Waals surface area (Å²) in [5, 5.41) is 15.2. The number of aryl methyl sites for hydroxylation is 1. The molecule has 0 fully saturated rings. The molecule has 1 heterocycles. The first-order valence-corrected chi connectivity index (χ1v) is 12.3. The van der Waals surface area contributed by atoms with Crippen LogP contribution in [-0.4, -0.2) is 39.4 Å².